The number of rotatable bonds is 8. The monoisotopic (exact) mass is 355 g/mol. The Hall–Kier alpha value is -0.0300. The molecule has 1 amide bonds. The number of nitrogens with two attached hydrogens (primary N) is 1. The lowest BCUT2D eigenvalue weighted by molar-refractivity contribution is -0.131. The molecule has 22 heavy (non-hydrogen) atoms. The van der Waals surface area contributed by atoms with Crippen molar-refractivity contribution in [1.29, 1.82) is 0 Å². The Morgan fingerprint density at radius 3 is 2.14 bits per heavy atom. The summed E-state index contributed by atoms with van der Waals surface area (Å²) in [6, 6.07) is 0. The molecular formula is C16H35Cl2N3O. The zero-order valence-corrected chi connectivity index (χ0v) is 16.0. The topological polar surface area (TPSA) is 58.4 Å². The number of amides is 1. The number of carbonyl (C=O) groups excluding carboxylic acids is 1. The third-order valence-corrected chi connectivity index (χ3v) is 5.02. The van der Waals surface area contributed by atoms with Gasteiger partial charge in [-0.25, -0.2) is 0 Å². The minimum atomic E-state index is -0.358. The molecule has 0 atom stereocenters. The zero-order chi connectivity index (χ0) is 15.0. The summed E-state index contributed by atoms with van der Waals surface area (Å²) in [6.45, 7) is 11.2. The van der Waals surface area contributed by atoms with Crippen LogP contribution in [0.25, 0.3) is 0 Å². The fraction of sp³-hybridized carbons (Fsp3) is 0.938. The van der Waals surface area contributed by atoms with Crippen LogP contribution in [0.4, 0.5) is 0 Å². The molecule has 0 aromatic heterocycles. The maximum Gasteiger partial charge on any atom is 0.227 e. The standard InChI is InChI=1S/C16H33N3O.2ClH/c1-4-9-19-10-7-14(8-11-19)12-18-15(20)16(5-2,6-3)13-17;;/h14H,4-13,17H2,1-3H3,(H,18,20);2*1H. The zero-order valence-electron chi connectivity index (χ0n) is 14.4. The summed E-state index contributed by atoms with van der Waals surface area (Å²) in [6.07, 6.45) is 5.28. The lowest BCUT2D eigenvalue weighted by Crippen LogP contribution is -2.47. The summed E-state index contributed by atoms with van der Waals surface area (Å²) in [5.41, 5.74) is 5.46. The van der Waals surface area contributed by atoms with Crippen LogP contribution in [-0.2, 0) is 4.79 Å². The smallest absolute Gasteiger partial charge is 0.227 e. The van der Waals surface area contributed by atoms with Crippen molar-refractivity contribution in [2.75, 3.05) is 32.7 Å². The lowest BCUT2D eigenvalue weighted by Gasteiger charge is -2.33. The van der Waals surface area contributed by atoms with E-state index in [9.17, 15) is 4.79 Å². The van der Waals surface area contributed by atoms with E-state index in [4.69, 9.17) is 5.73 Å². The van der Waals surface area contributed by atoms with Crippen LogP contribution >= 0.6 is 24.8 Å². The first-order valence-electron chi connectivity index (χ1n) is 8.32. The fourth-order valence-corrected chi connectivity index (χ4v) is 3.11. The first-order valence-corrected chi connectivity index (χ1v) is 8.32. The van der Waals surface area contributed by atoms with E-state index in [0.29, 0.717) is 12.5 Å². The van der Waals surface area contributed by atoms with Gasteiger partial charge in [-0.05, 0) is 57.7 Å². The third kappa shape index (κ3) is 6.61. The molecule has 0 radical (unpaired) electrons. The highest BCUT2D eigenvalue weighted by atomic mass is 35.5. The number of carbonyl (C=O) groups is 1. The molecule has 4 nitrogen and oxygen atoms in total. The van der Waals surface area contributed by atoms with Crippen LogP contribution in [0.3, 0.4) is 0 Å². The van der Waals surface area contributed by atoms with Gasteiger partial charge in [0.1, 0.15) is 0 Å². The molecule has 1 rings (SSSR count). The van der Waals surface area contributed by atoms with E-state index in [1.54, 1.807) is 0 Å². The highest BCUT2D eigenvalue weighted by molar-refractivity contribution is 5.85. The summed E-state index contributed by atoms with van der Waals surface area (Å²) in [5.74, 6) is 0.789. The minimum absolute atomic E-state index is 0. The molecule has 0 aromatic rings. The summed E-state index contributed by atoms with van der Waals surface area (Å²) in [4.78, 5) is 14.9. The van der Waals surface area contributed by atoms with Gasteiger partial charge in [-0.3, -0.25) is 4.79 Å². The van der Waals surface area contributed by atoms with E-state index in [1.807, 2.05) is 0 Å². The maximum absolute atomic E-state index is 12.4. The van der Waals surface area contributed by atoms with Crippen molar-refractivity contribution < 1.29 is 4.79 Å². The second-order valence-electron chi connectivity index (χ2n) is 6.19. The molecule has 1 aliphatic heterocycles. The van der Waals surface area contributed by atoms with Gasteiger partial charge in [0.25, 0.3) is 0 Å². The third-order valence-electron chi connectivity index (χ3n) is 5.02. The Kier molecular flexibility index (Phi) is 13.7. The molecule has 6 heteroatoms. The van der Waals surface area contributed by atoms with Gasteiger partial charge >= 0.3 is 0 Å². The van der Waals surface area contributed by atoms with Gasteiger partial charge in [-0.15, -0.1) is 24.8 Å². The largest absolute Gasteiger partial charge is 0.355 e. The lowest BCUT2D eigenvalue weighted by atomic mass is 9.81. The average molecular weight is 356 g/mol. The van der Waals surface area contributed by atoms with E-state index in [1.165, 1.54) is 38.9 Å². The van der Waals surface area contributed by atoms with Gasteiger partial charge in [0, 0.05) is 13.1 Å². The molecule has 1 heterocycles. The van der Waals surface area contributed by atoms with Gasteiger partial charge in [0.05, 0.1) is 5.41 Å². The predicted molar refractivity (Wildman–Crippen MR) is 99.0 cm³/mol. The van der Waals surface area contributed by atoms with Crippen LogP contribution in [0.2, 0.25) is 0 Å². The van der Waals surface area contributed by atoms with E-state index < -0.39 is 0 Å². The van der Waals surface area contributed by atoms with Crippen LogP contribution < -0.4 is 11.1 Å². The van der Waals surface area contributed by atoms with Crippen LogP contribution in [0, 0.1) is 11.3 Å². The van der Waals surface area contributed by atoms with E-state index >= 15 is 0 Å². The molecule has 0 aromatic carbocycles. The maximum atomic E-state index is 12.4. The van der Waals surface area contributed by atoms with Gasteiger partial charge in [-0.1, -0.05) is 20.8 Å². The van der Waals surface area contributed by atoms with Crippen LogP contribution in [0.1, 0.15) is 52.9 Å². The number of nitrogens with zero attached hydrogens (tertiary/aromatic N) is 1. The summed E-state index contributed by atoms with van der Waals surface area (Å²) < 4.78 is 0. The van der Waals surface area contributed by atoms with Crippen molar-refractivity contribution >= 4 is 30.7 Å². The Balaban J connectivity index is 0. The molecule has 1 fully saturated rings. The second kappa shape index (κ2) is 12.4. The Bertz CT molecular complexity index is 283. The van der Waals surface area contributed by atoms with Gasteiger partial charge < -0.3 is 16.0 Å². The molecule has 0 aliphatic carbocycles. The summed E-state index contributed by atoms with van der Waals surface area (Å²) in [7, 11) is 0. The van der Waals surface area contributed by atoms with Crippen molar-refractivity contribution in [3.8, 4) is 0 Å². The van der Waals surface area contributed by atoms with Crippen molar-refractivity contribution in [1.82, 2.24) is 10.2 Å². The van der Waals surface area contributed by atoms with Crippen LogP contribution in [-0.4, -0.2) is 43.5 Å². The number of likely N-dealkylation sites (tertiary alicyclic amines) is 1. The van der Waals surface area contributed by atoms with Gasteiger partial charge in [-0.2, -0.15) is 0 Å². The van der Waals surface area contributed by atoms with Gasteiger partial charge in [0.2, 0.25) is 5.91 Å². The van der Waals surface area contributed by atoms with Crippen molar-refractivity contribution in [2.45, 2.75) is 52.9 Å². The second-order valence-corrected chi connectivity index (χ2v) is 6.19. The molecular weight excluding hydrogens is 321 g/mol. The van der Waals surface area contributed by atoms with Crippen molar-refractivity contribution in [3.63, 3.8) is 0 Å². The van der Waals surface area contributed by atoms with E-state index in [2.05, 4.69) is 31.0 Å². The average Bonchev–Trinajstić information content (AvgIpc) is 2.49. The Morgan fingerprint density at radius 1 is 1.18 bits per heavy atom. The quantitative estimate of drug-likeness (QED) is 0.703. The van der Waals surface area contributed by atoms with Gasteiger partial charge in [0.15, 0.2) is 0 Å². The Labute approximate surface area is 148 Å². The predicted octanol–water partition coefficient (Wildman–Crippen LogP) is 2.83. The van der Waals surface area contributed by atoms with Crippen LogP contribution in [0.5, 0.6) is 0 Å². The molecule has 3 N–H and O–H groups in total. The number of piperidine rings is 1. The first kappa shape index (κ1) is 24.2. The highest BCUT2D eigenvalue weighted by Gasteiger charge is 2.33. The highest BCUT2D eigenvalue weighted by Crippen LogP contribution is 2.25. The first-order chi connectivity index (χ1) is 9.61. The molecule has 0 saturated carbocycles. The normalized spacial score (nSPS) is 16.5. The fourth-order valence-electron chi connectivity index (χ4n) is 3.11. The Morgan fingerprint density at radius 2 is 1.73 bits per heavy atom. The summed E-state index contributed by atoms with van der Waals surface area (Å²) >= 11 is 0. The molecule has 134 valence electrons. The summed E-state index contributed by atoms with van der Waals surface area (Å²) in [5, 5.41) is 3.16. The molecule has 1 saturated heterocycles. The number of nitrogens with one attached hydrogen (secondary N) is 1. The van der Waals surface area contributed by atoms with Crippen molar-refractivity contribution in [3.05, 3.63) is 0 Å². The minimum Gasteiger partial charge on any atom is -0.355 e. The molecule has 0 unspecified atom stereocenters. The number of halogens is 2. The molecule has 0 bridgehead atoms. The molecule has 0 spiro atoms. The molecule has 1 aliphatic rings. The van der Waals surface area contributed by atoms with E-state index in [0.717, 1.165) is 19.4 Å². The SMILES string of the molecule is CCCN1CCC(CNC(=O)C(CC)(CC)CN)CC1.Cl.Cl. The van der Waals surface area contributed by atoms with Crippen molar-refractivity contribution in [2.24, 2.45) is 17.1 Å². The number of hydrogen-bond donors (Lipinski definition) is 2. The van der Waals surface area contributed by atoms with E-state index in [-0.39, 0.29) is 36.1 Å². The number of hydrogen-bond acceptors (Lipinski definition) is 3. The van der Waals surface area contributed by atoms with Crippen LogP contribution in [0.15, 0.2) is 0 Å².